The molecule has 3 aromatic carbocycles. The maximum Gasteiger partial charge on any atom is 0.256 e. The highest BCUT2D eigenvalue weighted by atomic mass is 79.9. The second-order valence-electron chi connectivity index (χ2n) is 7.50. The summed E-state index contributed by atoms with van der Waals surface area (Å²) in [6, 6.07) is 21.2. The summed E-state index contributed by atoms with van der Waals surface area (Å²) in [5.41, 5.74) is 2.87. The first-order valence-electron chi connectivity index (χ1n) is 10.2. The molecule has 3 rings (SSSR count). The molecule has 7 heteroatoms. The third-order valence-corrected chi connectivity index (χ3v) is 5.43. The van der Waals surface area contributed by atoms with Crippen molar-refractivity contribution < 1.29 is 14.4 Å². The maximum atomic E-state index is 12.8. The van der Waals surface area contributed by atoms with Crippen LogP contribution in [0.2, 0.25) is 0 Å². The molecule has 0 spiro atoms. The van der Waals surface area contributed by atoms with Crippen LogP contribution in [-0.4, -0.2) is 17.7 Å². The molecule has 6 nitrogen and oxygen atoms in total. The smallest absolute Gasteiger partial charge is 0.256 e. The molecule has 0 aliphatic rings. The number of benzene rings is 3. The van der Waals surface area contributed by atoms with Crippen LogP contribution in [0.5, 0.6) is 0 Å². The van der Waals surface area contributed by atoms with Crippen LogP contribution in [-0.2, 0) is 11.3 Å². The van der Waals surface area contributed by atoms with Crippen molar-refractivity contribution >= 4 is 45.0 Å². The SMILES string of the molecule is CC(C)C(=O)Nc1ccc(CNC(=O)c2ccccc2NC(=O)c2ccccc2Br)cc1. The Bertz CT molecular complexity index is 1130. The molecular formula is C25H24BrN3O3. The predicted octanol–water partition coefficient (Wildman–Crippen LogP) is 5.23. The minimum absolute atomic E-state index is 0.0489. The summed E-state index contributed by atoms with van der Waals surface area (Å²) in [6.45, 7) is 3.97. The van der Waals surface area contributed by atoms with Gasteiger partial charge in [-0.3, -0.25) is 14.4 Å². The van der Waals surface area contributed by atoms with Gasteiger partial charge in [-0.2, -0.15) is 0 Å². The van der Waals surface area contributed by atoms with E-state index in [1.807, 2.05) is 32.0 Å². The van der Waals surface area contributed by atoms with E-state index in [4.69, 9.17) is 0 Å². The zero-order chi connectivity index (χ0) is 23.1. The van der Waals surface area contributed by atoms with Crippen molar-refractivity contribution in [2.45, 2.75) is 20.4 Å². The normalized spacial score (nSPS) is 10.5. The van der Waals surface area contributed by atoms with Gasteiger partial charge in [0.25, 0.3) is 11.8 Å². The molecule has 3 amide bonds. The molecule has 0 atom stereocenters. The minimum Gasteiger partial charge on any atom is -0.348 e. The molecule has 0 fully saturated rings. The van der Waals surface area contributed by atoms with Gasteiger partial charge in [0.15, 0.2) is 0 Å². The largest absolute Gasteiger partial charge is 0.348 e. The molecular weight excluding hydrogens is 470 g/mol. The zero-order valence-corrected chi connectivity index (χ0v) is 19.4. The predicted molar refractivity (Wildman–Crippen MR) is 130 cm³/mol. The molecule has 164 valence electrons. The van der Waals surface area contributed by atoms with Gasteiger partial charge in [-0.25, -0.2) is 0 Å². The van der Waals surface area contributed by atoms with Crippen LogP contribution in [0.15, 0.2) is 77.3 Å². The van der Waals surface area contributed by atoms with E-state index in [0.717, 1.165) is 5.56 Å². The van der Waals surface area contributed by atoms with Crippen molar-refractivity contribution in [2.75, 3.05) is 10.6 Å². The van der Waals surface area contributed by atoms with E-state index in [1.54, 1.807) is 54.6 Å². The minimum atomic E-state index is -0.309. The molecule has 0 unspecified atom stereocenters. The number of hydrogen-bond donors (Lipinski definition) is 3. The Morgan fingerprint density at radius 2 is 1.41 bits per heavy atom. The summed E-state index contributed by atoms with van der Waals surface area (Å²) in [5.74, 6) is -0.758. The van der Waals surface area contributed by atoms with Crippen LogP contribution in [0.1, 0.15) is 40.1 Å². The number of hydrogen-bond acceptors (Lipinski definition) is 3. The number of anilines is 2. The first-order chi connectivity index (χ1) is 15.3. The highest BCUT2D eigenvalue weighted by Gasteiger charge is 2.15. The lowest BCUT2D eigenvalue weighted by Crippen LogP contribution is -2.25. The number of amides is 3. The van der Waals surface area contributed by atoms with Crippen LogP contribution in [0, 0.1) is 5.92 Å². The van der Waals surface area contributed by atoms with Gasteiger partial charge in [-0.05, 0) is 57.9 Å². The molecule has 0 aliphatic carbocycles. The lowest BCUT2D eigenvalue weighted by molar-refractivity contribution is -0.118. The monoisotopic (exact) mass is 493 g/mol. The molecule has 0 heterocycles. The van der Waals surface area contributed by atoms with E-state index in [-0.39, 0.29) is 23.6 Å². The van der Waals surface area contributed by atoms with Gasteiger partial charge in [-0.1, -0.05) is 50.2 Å². The molecule has 0 saturated heterocycles. The van der Waals surface area contributed by atoms with E-state index in [1.165, 1.54) is 0 Å². The van der Waals surface area contributed by atoms with Gasteiger partial charge < -0.3 is 16.0 Å². The molecule has 0 bridgehead atoms. The van der Waals surface area contributed by atoms with E-state index in [0.29, 0.717) is 33.5 Å². The Morgan fingerprint density at radius 1 is 0.781 bits per heavy atom. The molecule has 0 aromatic heterocycles. The van der Waals surface area contributed by atoms with E-state index in [9.17, 15) is 14.4 Å². The van der Waals surface area contributed by atoms with Gasteiger partial charge in [0.1, 0.15) is 0 Å². The Hall–Kier alpha value is -3.45. The molecule has 0 aliphatic heterocycles. The van der Waals surface area contributed by atoms with Gasteiger partial charge in [0.05, 0.1) is 16.8 Å². The summed E-state index contributed by atoms with van der Waals surface area (Å²) in [7, 11) is 0. The van der Waals surface area contributed by atoms with Crippen LogP contribution < -0.4 is 16.0 Å². The fraction of sp³-hybridized carbons (Fsp3) is 0.160. The number of carbonyl (C=O) groups is 3. The molecule has 0 radical (unpaired) electrons. The summed E-state index contributed by atoms with van der Waals surface area (Å²) < 4.78 is 0.674. The second-order valence-corrected chi connectivity index (χ2v) is 8.36. The average molecular weight is 494 g/mol. The second kappa shape index (κ2) is 10.7. The fourth-order valence-electron chi connectivity index (χ4n) is 2.90. The quantitative estimate of drug-likeness (QED) is 0.421. The van der Waals surface area contributed by atoms with E-state index in [2.05, 4.69) is 31.9 Å². The standard InChI is InChI=1S/C25H24BrN3O3/c1-16(2)23(30)28-18-13-11-17(12-14-18)15-27-24(31)20-8-4-6-10-22(20)29-25(32)19-7-3-5-9-21(19)26/h3-14,16H,15H2,1-2H3,(H,27,31)(H,28,30)(H,29,32). The Balaban J connectivity index is 1.64. The van der Waals surface area contributed by atoms with Crippen molar-refractivity contribution in [3.05, 3.63) is 94.0 Å². The summed E-state index contributed by atoms with van der Waals surface area (Å²) in [5, 5.41) is 8.52. The van der Waals surface area contributed by atoms with Crippen LogP contribution in [0.4, 0.5) is 11.4 Å². The van der Waals surface area contributed by atoms with Crippen molar-refractivity contribution in [2.24, 2.45) is 5.92 Å². The van der Waals surface area contributed by atoms with Crippen LogP contribution in [0.3, 0.4) is 0 Å². The third kappa shape index (κ3) is 6.04. The van der Waals surface area contributed by atoms with Crippen molar-refractivity contribution in [1.82, 2.24) is 5.32 Å². The molecule has 3 aromatic rings. The Kier molecular flexibility index (Phi) is 7.78. The van der Waals surface area contributed by atoms with Gasteiger partial charge >= 0.3 is 0 Å². The number of carbonyl (C=O) groups excluding carboxylic acids is 3. The zero-order valence-electron chi connectivity index (χ0n) is 17.8. The molecule has 3 N–H and O–H groups in total. The van der Waals surface area contributed by atoms with Crippen molar-refractivity contribution in [3.63, 3.8) is 0 Å². The highest BCUT2D eigenvalue weighted by molar-refractivity contribution is 9.10. The van der Waals surface area contributed by atoms with Gasteiger partial charge in [-0.15, -0.1) is 0 Å². The maximum absolute atomic E-state index is 12.8. The summed E-state index contributed by atoms with van der Waals surface area (Å²) in [6.07, 6.45) is 0. The number of rotatable bonds is 7. The lowest BCUT2D eigenvalue weighted by atomic mass is 10.1. The Labute approximate surface area is 195 Å². The first kappa shape index (κ1) is 23.2. The number of halogens is 1. The average Bonchev–Trinajstić information content (AvgIpc) is 2.79. The Morgan fingerprint density at radius 3 is 2.06 bits per heavy atom. The molecule has 0 saturated carbocycles. The lowest BCUT2D eigenvalue weighted by Gasteiger charge is -2.12. The van der Waals surface area contributed by atoms with E-state index >= 15 is 0 Å². The van der Waals surface area contributed by atoms with Crippen LogP contribution in [0.25, 0.3) is 0 Å². The molecule has 32 heavy (non-hydrogen) atoms. The number of para-hydroxylation sites is 1. The highest BCUT2D eigenvalue weighted by Crippen LogP contribution is 2.20. The topological polar surface area (TPSA) is 87.3 Å². The fourth-order valence-corrected chi connectivity index (χ4v) is 3.36. The number of nitrogens with one attached hydrogen (secondary N) is 3. The van der Waals surface area contributed by atoms with Crippen molar-refractivity contribution in [1.29, 1.82) is 0 Å². The van der Waals surface area contributed by atoms with Crippen LogP contribution >= 0.6 is 15.9 Å². The third-order valence-electron chi connectivity index (χ3n) is 4.74. The van der Waals surface area contributed by atoms with Crippen molar-refractivity contribution in [3.8, 4) is 0 Å². The van der Waals surface area contributed by atoms with Gasteiger partial charge in [0.2, 0.25) is 5.91 Å². The summed E-state index contributed by atoms with van der Waals surface area (Å²) in [4.78, 5) is 37.2. The van der Waals surface area contributed by atoms with E-state index < -0.39 is 0 Å². The van der Waals surface area contributed by atoms with Gasteiger partial charge in [0, 0.05) is 22.6 Å². The first-order valence-corrected chi connectivity index (χ1v) is 11.0. The summed E-state index contributed by atoms with van der Waals surface area (Å²) >= 11 is 3.37.